The number of fused-ring (bicyclic) bond motifs is 1. The van der Waals surface area contributed by atoms with Crippen molar-refractivity contribution in [2.24, 2.45) is 14.1 Å². The van der Waals surface area contributed by atoms with E-state index in [9.17, 15) is 18.0 Å². The Bertz CT molecular complexity index is 1290. The van der Waals surface area contributed by atoms with E-state index in [-0.39, 0.29) is 34.8 Å². The first kappa shape index (κ1) is 20.6. The van der Waals surface area contributed by atoms with Gasteiger partial charge >= 0.3 is 5.69 Å². The summed E-state index contributed by atoms with van der Waals surface area (Å²) >= 11 is 0. The molecule has 0 spiro atoms. The smallest absolute Gasteiger partial charge is 0.332 e. The highest BCUT2D eigenvalue weighted by Crippen LogP contribution is 2.27. The van der Waals surface area contributed by atoms with Gasteiger partial charge in [0.25, 0.3) is 5.56 Å². The third-order valence-electron chi connectivity index (χ3n) is 4.46. The number of methoxy groups -OCH3 is 2. The lowest BCUT2D eigenvalue weighted by molar-refractivity contribution is 0.392. The fourth-order valence-corrected chi connectivity index (χ4v) is 4.08. The molecule has 0 saturated carbocycles. The molecule has 0 aliphatic carbocycles. The van der Waals surface area contributed by atoms with Crippen LogP contribution in [-0.2, 0) is 30.5 Å². The minimum Gasteiger partial charge on any atom is -0.497 e. The van der Waals surface area contributed by atoms with Crippen molar-refractivity contribution < 1.29 is 17.9 Å². The summed E-state index contributed by atoms with van der Waals surface area (Å²) < 4.78 is 40.2. The van der Waals surface area contributed by atoms with Crippen molar-refractivity contribution in [3.8, 4) is 11.5 Å². The molecule has 12 heteroatoms. The van der Waals surface area contributed by atoms with Gasteiger partial charge in [-0.25, -0.2) is 22.9 Å². The van der Waals surface area contributed by atoms with Crippen LogP contribution in [0.3, 0.4) is 0 Å². The fourth-order valence-electron chi connectivity index (χ4n) is 2.87. The summed E-state index contributed by atoms with van der Waals surface area (Å²) in [6, 6.07) is 4.46. The number of aromatic nitrogens is 4. The van der Waals surface area contributed by atoms with E-state index in [2.05, 4.69) is 14.7 Å². The van der Waals surface area contributed by atoms with E-state index in [4.69, 9.17) is 9.47 Å². The lowest BCUT2D eigenvalue weighted by Crippen LogP contribution is -2.36. The maximum absolute atomic E-state index is 12.7. The van der Waals surface area contributed by atoms with Crippen molar-refractivity contribution >= 4 is 21.2 Å². The predicted molar refractivity (Wildman–Crippen MR) is 105 cm³/mol. The van der Waals surface area contributed by atoms with Gasteiger partial charge in [0.15, 0.2) is 5.65 Å². The summed E-state index contributed by atoms with van der Waals surface area (Å²) in [4.78, 5) is 31.2. The first-order chi connectivity index (χ1) is 13.7. The molecule has 0 saturated heterocycles. The lowest BCUT2D eigenvalue weighted by Gasteiger charge is -2.11. The number of aryl methyl sites for hydroxylation is 1. The van der Waals surface area contributed by atoms with Crippen molar-refractivity contribution in [2.75, 3.05) is 20.8 Å². The zero-order chi connectivity index (χ0) is 21.3. The molecule has 0 bridgehead atoms. The van der Waals surface area contributed by atoms with E-state index in [1.807, 2.05) is 0 Å². The lowest BCUT2D eigenvalue weighted by atomic mass is 10.3. The Labute approximate surface area is 166 Å². The molecule has 0 amide bonds. The van der Waals surface area contributed by atoms with E-state index >= 15 is 0 Å². The van der Waals surface area contributed by atoms with Gasteiger partial charge in [0.2, 0.25) is 10.0 Å². The van der Waals surface area contributed by atoms with E-state index in [0.717, 1.165) is 4.57 Å². The number of ether oxygens (including phenoxy) is 2. The molecular weight excluding hydrogens is 402 g/mol. The summed E-state index contributed by atoms with van der Waals surface area (Å²) in [5, 5.41) is 0. The summed E-state index contributed by atoms with van der Waals surface area (Å²) in [5.74, 6) is 0.930. The molecule has 0 aliphatic heterocycles. The van der Waals surface area contributed by atoms with Crippen molar-refractivity contribution in [3.63, 3.8) is 0 Å². The molecule has 2 N–H and O–H groups in total. The number of aromatic amines is 1. The second kappa shape index (κ2) is 7.72. The highest BCUT2D eigenvalue weighted by Gasteiger charge is 2.21. The Morgan fingerprint density at radius 3 is 2.52 bits per heavy atom. The van der Waals surface area contributed by atoms with Gasteiger partial charge in [-0.1, -0.05) is 0 Å². The number of sulfonamides is 1. The number of rotatable bonds is 7. The van der Waals surface area contributed by atoms with Gasteiger partial charge in [0, 0.05) is 33.1 Å². The maximum Gasteiger partial charge on any atom is 0.332 e. The number of nitrogens with one attached hydrogen (secondary N) is 2. The van der Waals surface area contributed by atoms with Gasteiger partial charge in [0.05, 0.1) is 14.2 Å². The SMILES string of the molecule is COc1ccc(OC)c(S(=O)(=O)NCCc2nc3c([nH]2)c(=O)n(C)c(=O)n3C)c1. The average Bonchev–Trinajstić information content (AvgIpc) is 3.14. The molecule has 0 fully saturated rings. The van der Waals surface area contributed by atoms with Gasteiger partial charge < -0.3 is 14.5 Å². The zero-order valence-corrected chi connectivity index (χ0v) is 17.2. The minimum atomic E-state index is -3.88. The van der Waals surface area contributed by atoms with Crippen LogP contribution in [0.2, 0.25) is 0 Å². The number of hydrogen-bond donors (Lipinski definition) is 2. The third-order valence-corrected chi connectivity index (χ3v) is 5.94. The number of hydrogen-bond acceptors (Lipinski definition) is 7. The van der Waals surface area contributed by atoms with Crippen molar-refractivity contribution in [1.82, 2.24) is 23.8 Å². The second-order valence-corrected chi connectivity index (χ2v) is 7.99. The van der Waals surface area contributed by atoms with Crippen LogP contribution in [0.1, 0.15) is 5.82 Å². The zero-order valence-electron chi connectivity index (χ0n) is 16.3. The van der Waals surface area contributed by atoms with Gasteiger partial charge in [-0.3, -0.25) is 13.9 Å². The van der Waals surface area contributed by atoms with E-state index < -0.39 is 21.3 Å². The topological polar surface area (TPSA) is 137 Å². The molecular formula is C17H21N5O6S. The predicted octanol–water partition coefficient (Wildman–Crippen LogP) is -0.501. The Balaban J connectivity index is 1.83. The molecule has 29 heavy (non-hydrogen) atoms. The number of H-pyrrole nitrogens is 1. The molecule has 0 atom stereocenters. The Morgan fingerprint density at radius 1 is 1.14 bits per heavy atom. The van der Waals surface area contributed by atoms with Gasteiger partial charge in [-0.05, 0) is 12.1 Å². The summed E-state index contributed by atoms with van der Waals surface area (Å²) in [7, 11) is 1.81. The summed E-state index contributed by atoms with van der Waals surface area (Å²) in [6.45, 7) is 0.0107. The van der Waals surface area contributed by atoms with Crippen LogP contribution < -0.4 is 25.4 Å². The molecule has 0 unspecified atom stereocenters. The van der Waals surface area contributed by atoms with Crippen LogP contribution >= 0.6 is 0 Å². The van der Waals surface area contributed by atoms with Crippen LogP contribution in [-0.4, -0.2) is 48.3 Å². The fraction of sp³-hybridized carbons (Fsp3) is 0.353. The van der Waals surface area contributed by atoms with Gasteiger partial charge in [-0.2, -0.15) is 0 Å². The largest absolute Gasteiger partial charge is 0.497 e. The van der Waals surface area contributed by atoms with Crippen molar-refractivity contribution in [3.05, 3.63) is 44.9 Å². The van der Waals surface area contributed by atoms with Crippen LogP contribution in [0, 0.1) is 0 Å². The molecule has 0 radical (unpaired) electrons. The van der Waals surface area contributed by atoms with E-state index in [1.54, 1.807) is 6.07 Å². The molecule has 11 nitrogen and oxygen atoms in total. The highest BCUT2D eigenvalue weighted by molar-refractivity contribution is 7.89. The van der Waals surface area contributed by atoms with Crippen LogP contribution in [0.25, 0.3) is 11.2 Å². The van der Waals surface area contributed by atoms with Crippen LogP contribution in [0.5, 0.6) is 11.5 Å². The summed E-state index contributed by atoms with van der Waals surface area (Å²) in [6.07, 6.45) is 0.178. The van der Waals surface area contributed by atoms with Crippen molar-refractivity contribution in [2.45, 2.75) is 11.3 Å². The van der Waals surface area contributed by atoms with E-state index in [1.165, 1.54) is 45.0 Å². The normalized spacial score (nSPS) is 11.7. The molecule has 156 valence electrons. The standard InChI is InChI=1S/C17H21N5O6S/c1-21-15-14(16(23)22(2)17(21)24)19-13(20-15)7-8-18-29(25,26)12-9-10(27-3)5-6-11(12)28-4/h5-6,9,18H,7-8H2,1-4H3,(H,19,20). The average molecular weight is 423 g/mol. The van der Waals surface area contributed by atoms with Gasteiger partial charge in [-0.15, -0.1) is 0 Å². The van der Waals surface area contributed by atoms with E-state index in [0.29, 0.717) is 11.6 Å². The molecule has 3 aromatic rings. The monoisotopic (exact) mass is 423 g/mol. The minimum absolute atomic E-state index is 0.0107. The maximum atomic E-state index is 12.7. The first-order valence-electron chi connectivity index (χ1n) is 8.56. The molecule has 1 aromatic carbocycles. The first-order valence-corrected chi connectivity index (χ1v) is 10.0. The van der Waals surface area contributed by atoms with Crippen molar-refractivity contribution in [1.29, 1.82) is 0 Å². The molecule has 2 aromatic heterocycles. The molecule has 3 rings (SSSR count). The second-order valence-electron chi connectivity index (χ2n) is 6.25. The summed E-state index contributed by atoms with van der Waals surface area (Å²) in [5.41, 5.74) is -0.595. The highest BCUT2D eigenvalue weighted by atomic mass is 32.2. The quantitative estimate of drug-likeness (QED) is 0.522. The third kappa shape index (κ3) is 3.76. The number of benzene rings is 1. The van der Waals surface area contributed by atoms with Crippen LogP contribution in [0.4, 0.5) is 0 Å². The van der Waals surface area contributed by atoms with Gasteiger partial charge in [0.1, 0.15) is 27.7 Å². The molecule has 2 heterocycles. The Hall–Kier alpha value is -3.12. The van der Waals surface area contributed by atoms with Crippen LogP contribution in [0.15, 0.2) is 32.7 Å². The Kier molecular flexibility index (Phi) is 5.48. The number of nitrogens with zero attached hydrogens (tertiary/aromatic N) is 3. The Morgan fingerprint density at radius 2 is 1.86 bits per heavy atom. The number of imidazole rings is 1. The molecule has 0 aliphatic rings.